The van der Waals surface area contributed by atoms with Crippen molar-refractivity contribution in [1.29, 1.82) is 0 Å². The minimum atomic E-state index is -5.06. The van der Waals surface area contributed by atoms with E-state index >= 15 is 0 Å². The highest BCUT2D eigenvalue weighted by atomic mass is 35.5. The summed E-state index contributed by atoms with van der Waals surface area (Å²) in [6.45, 7) is 0. The van der Waals surface area contributed by atoms with Gasteiger partial charge in [0.15, 0.2) is 5.78 Å². The van der Waals surface area contributed by atoms with Crippen LogP contribution in [0.15, 0.2) is 42.5 Å². The standard InChI is InChI=1S/C16H7ClF6O2/c17-14(25)11-3-1-2-10(12(11)16(21,22)23)13(24)8-4-6-9(7-5-8)15(18,19)20/h1-7H. The number of ketones is 1. The molecule has 2 aromatic carbocycles. The van der Waals surface area contributed by atoms with Crippen LogP contribution in [-0.4, -0.2) is 11.0 Å². The topological polar surface area (TPSA) is 34.1 Å². The smallest absolute Gasteiger partial charge is 0.289 e. The maximum Gasteiger partial charge on any atom is 0.417 e. The Labute approximate surface area is 142 Å². The summed E-state index contributed by atoms with van der Waals surface area (Å²) in [5.41, 5.74) is -4.76. The second-order valence-corrected chi connectivity index (χ2v) is 5.25. The van der Waals surface area contributed by atoms with E-state index in [0.717, 1.165) is 30.3 Å². The lowest BCUT2D eigenvalue weighted by Gasteiger charge is -2.15. The maximum absolute atomic E-state index is 13.3. The molecule has 2 nitrogen and oxygen atoms in total. The molecule has 2 rings (SSSR count). The quantitative estimate of drug-likeness (QED) is 0.409. The average molecular weight is 381 g/mol. The van der Waals surface area contributed by atoms with Gasteiger partial charge in [-0.2, -0.15) is 26.3 Å². The highest BCUT2D eigenvalue weighted by Crippen LogP contribution is 2.36. The zero-order valence-electron chi connectivity index (χ0n) is 12.0. The Kier molecular flexibility index (Phi) is 4.94. The fourth-order valence-corrected chi connectivity index (χ4v) is 2.33. The van der Waals surface area contributed by atoms with Gasteiger partial charge in [0.25, 0.3) is 5.24 Å². The summed E-state index contributed by atoms with van der Waals surface area (Å²) in [6.07, 6.45) is -9.71. The van der Waals surface area contributed by atoms with E-state index in [4.69, 9.17) is 11.6 Å². The zero-order chi connectivity index (χ0) is 19.0. The normalized spacial score (nSPS) is 12.1. The van der Waals surface area contributed by atoms with Crippen LogP contribution in [0, 0.1) is 0 Å². The van der Waals surface area contributed by atoms with E-state index in [1.807, 2.05) is 0 Å². The number of hydrogen-bond acceptors (Lipinski definition) is 2. The van der Waals surface area contributed by atoms with Crippen molar-refractivity contribution in [3.63, 3.8) is 0 Å². The van der Waals surface area contributed by atoms with Gasteiger partial charge in [-0.1, -0.05) is 24.3 Å². The second-order valence-electron chi connectivity index (χ2n) is 4.90. The highest BCUT2D eigenvalue weighted by molar-refractivity contribution is 6.68. The van der Waals surface area contributed by atoms with Crippen molar-refractivity contribution in [3.05, 3.63) is 70.3 Å². The van der Waals surface area contributed by atoms with Gasteiger partial charge >= 0.3 is 12.4 Å². The third-order valence-corrected chi connectivity index (χ3v) is 3.48. The average Bonchev–Trinajstić information content (AvgIpc) is 2.52. The van der Waals surface area contributed by atoms with Crippen LogP contribution in [0.3, 0.4) is 0 Å². The molecule has 0 radical (unpaired) electrons. The van der Waals surface area contributed by atoms with Gasteiger partial charge in [0.1, 0.15) is 0 Å². The minimum absolute atomic E-state index is 0.391. The Morgan fingerprint density at radius 1 is 0.760 bits per heavy atom. The van der Waals surface area contributed by atoms with Crippen LogP contribution in [-0.2, 0) is 12.4 Å². The minimum Gasteiger partial charge on any atom is -0.289 e. The van der Waals surface area contributed by atoms with E-state index < -0.39 is 51.2 Å². The summed E-state index contributed by atoms with van der Waals surface area (Å²) in [5.74, 6) is -1.18. The van der Waals surface area contributed by atoms with Crippen molar-refractivity contribution < 1.29 is 35.9 Å². The Morgan fingerprint density at radius 3 is 1.72 bits per heavy atom. The van der Waals surface area contributed by atoms with E-state index in [2.05, 4.69) is 0 Å². The number of carbonyl (C=O) groups excluding carboxylic acids is 2. The van der Waals surface area contributed by atoms with Crippen LogP contribution in [0.4, 0.5) is 26.3 Å². The fourth-order valence-electron chi connectivity index (χ4n) is 2.18. The highest BCUT2D eigenvalue weighted by Gasteiger charge is 2.39. The molecule has 0 aliphatic carbocycles. The molecule has 0 atom stereocenters. The monoisotopic (exact) mass is 380 g/mol. The Bertz CT molecular complexity index is 822. The Balaban J connectivity index is 2.57. The van der Waals surface area contributed by atoms with Crippen LogP contribution >= 0.6 is 11.6 Å². The molecule has 9 heteroatoms. The predicted molar refractivity (Wildman–Crippen MR) is 76.5 cm³/mol. The molecular formula is C16H7ClF6O2. The second kappa shape index (κ2) is 6.51. The first-order chi connectivity index (χ1) is 11.4. The molecule has 0 unspecified atom stereocenters. The van der Waals surface area contributed by atoms with Crippen LogP contribution in [0.2, 0.25) is 0 Å². The zero-order valence-corrected chi connectivity index (χ0v) is 12.8. The van der Waals surface area contributed by atoms with Crippen LogP contribution in [0.1, 0.15) is 37.4 Å². The molecule has 0 heterocycles. The van der Waals surface area contributed by atoms with Gasteiger partial charge in [-0.3, -0.25) is 9.59 Å². The van der Waals surface area contributed by atoms with Crippen LogP contribution < -0.4 is 0 Å². The van der Waals surface area contributed by atoms with Gasteiger partial charge in [-0.15, -0.1) is 0 Å². The molecular weight excluding hydrogens is 374 g/mol. The lowest BCUT2D eigenvalue weighted by molar-refractivity contribution is -0.138. The number of hydrogen-bond donors (Lipinski definition) is 0. The Morgan fingerprint density at radius 2 is 1.28 bits per heavy atom. The van der Waals surface area contributed by atoms with Crippen molar-refractivity contribution in [1.82, 2.24) is 0 Å². The van der Waals surface area contributed by atoms with Gasteiger partial charge in [-0.05, 0) is 29.8 Å². The summed E-state index contributed by atoms with van der Waals surface area (Å²) in [7, 11) is 0. The van der Waals surface area contributed by atoms with E-state index in [0.29, 0.717) is 12.1 Å². The molecule has 0 aliphatic heterocycles. The summed E-state index contributed by atoms with van der Waals surface area (Å²) in [4.78, 5) is 23.5. The van der Waals surface area contributed by atoms with Gasteiger partial charge in [-0.25, -0.2) is 0 Å². The maximum atomic E-state index is 13.3. The van der Waals surface area contributed by atoms with E-state index in [-0.39, 0.29) is 0 Å². The number of carbonyl (C=O) groups is 2. The first kappa shape index (κ1) is 19.0. The Hall–Kier alpha value is -2.35. The summed E-state index contributed by atoms with van der Waals surface area (Å²) in [6, 6.07) is 5.35. The molecule has 0 aliphatic rings. The molecule has 0 saturated heterocycles. The molecule has 0 aromatic heterocycles. The van der Waals surface area contributed by atoms with Crippen molar-refractivity contribution >= 4 is 22.6 Å². The molecule has 0 N–H and O–H groups in total. The molecule has 0 amide bonds. The molecule has 2 aromatic rings. The lowest BCUT2D eigenvalue weighted by Crippen LogP contribution is -2.18. The molecule has 0 fully saturated rings. The van der Waals surface area contributed by atoms with E-state index in [1.54, 1.807) is 0 Å². The number of halogens is 7. The third-order valence-electron chi connectivity index (χ3n) is 3.28. The van der Waals surface area contributed by atoms with Crippen molar-refractivity contribution in [2.24, 2.45) is 0 Å². The molecule has 0 saturated carbocycles. The fraction of sp³-hybridized carbons (Fsp3) is 0.125. The molecule has 132 valence electrons. The first-order valence-electron chi connectivity index (χ1n) is 6.55. The SMILES string of the molecule is O=C(Cl)c1cccc(C(=O)c2ccc(C(F)(F)F)cc2)c1C(F)(F)F. The summed E-state index contributed by atoms with van der Waals surface area (Å²) >= 11 is 5.13. The van der Waals surface area contributed by atoms with E-state index in [1.165, 1.54) is 0 Å². The number of alkyl halides is 6. The lowest BCUT2D eigenvalue weighted by atomic mass is 9.94. The molecule has 0 bridgehead atoms. The van der Waals surface area contributed by atoms with Crippen LogP contribution in [0.25, 0.3) is 0 Å². The largest absolute Gasteiger partial charge is 0.417 e. The predicted octanol–water partition coefficient (Wildman–Crippen LogP) is 5.33. The van der Waals surface area contributed by atoms with Crippen LogP contribution in [0.5, 0.6) is 0 Å². The third kappa shape index (κ3) is 4.01. The molecule has 25 heavy (non-hydrogen) atoms. The van der Waals surface area contributed by atoms with E-state index in [9.17, 15) is 35.9 Å². The van der Waals surface area contributed by atoms with Gasteiger partial charge in [0.05, 0.1) is 11.1 Å². The molecule has 0 spiro atoms. The first-order valence-corrected chi connectivity index (χ1v) is 6.92. The van der Waals surface area contributed by atoms with Crippen molar-refractivity contribution in [2.75, 3.05) is 0 Å². The summed E-state index contributed by atoms with van der Waals surface area (Å²) in [5, 5.41) is -1.41. The van der Waals surface area contributed by atoms with Crippen molar-refractivity contribution in [2.45, 2.75) is 12.4 Å². The number of rotatable bonds is 3. The summed E-state index contributed by atoms with van der Waals surface area (Å²) < 4.78 is 77.3. The number of benzene rings is 2. The van der Waals surface area contributed by atoms with Gasteiger partial charge in [0.2, 0.25) is 0 Å². The van der Waals surface area contributed by atoms with Gasteiger partial charge < -0.3 is 0 Å². The van der Waals surface area contributed by atoms with Crippen molar-refractivity contribution in [3.8, 4) is 0 Å². The van der Waals surface area contributed by atoms with Gasteiger partial charge in [0, 0.05) is 16.7 Å².